The molecule has 0 aromatic heterocycles. The van der Waals surface area contributed by atoms with E-state index in [9.17, 15) is 24.3 Å². The maximum absolute atomic E-state index is 14.8. The Bertz CT molecular complexity index is 1370. The van der Waals surface area contributed by atoms with E-state index >= 15 is 0 Å². The van der Waals surface area contributed by atoms with E-state index < -0.39 is 29.0 Å². The highest BCUT2D eigenvalue weighted by Gasteiger charge is 2.64. The van der Waals surface area contributed by atoms with E-state index in [2.05, 4.69) is 15.5 Å². The summed E-state index contributed by atoms with van der Waals surface area (Å²) in [4.78, 5) is 63.2. The first-order chi connectivity index (χ1) is 25.6. The third kappa shape index (κ3) is 7.29. The summed E-state index contributed by atoms with van der Waals surface area (Å²) >= 11 is 0. The van der Waals surface area contributed by atoms with Crippen LogP contribution in [0.5, 0.6) is 0 Å². The lowest BCUT2D eigenvalue weighted by molar-refractivity contribution is -0.175. The Hall–Kier alpha value is -2.24. The zero-order valence-corrected chi connectivity index (χ0v) is 32.6. The van der Waals surface area contributed by atoms with Gasteiger partial charge in [0, 0.05) is 59.3 Å². The van der Waals surface area contributed by atoms with Crippen LogP contribution in [0.2, 0.25) is 0 Å². The van der Waals surface area contributed by atoms with Crippen LogP contribution in [0.1, 0.15) is 122 Å². The van der Waals surface area contributed by atoms with Crippen molar-refractivity contribution >= 4 is 23.6 Å². The number of ether oxygens (including phenoxy) is 1. The lowest BCUT2D eigenvalue weighted by atomic mass is 9.43. The van der Waals surface area contributed by atoms with E-state index in [0.717, 1.165) is 82.7 Å². The molecule has 9 aliphatic rings. The van der Waals surface area contributed by atoms with Gasteiger partial charge >= 0.3 is 0 Å². The zero-order valence-electron chi connectivity index (χ0n) is 32.6. The number of aliphatic hydroxyl groups is 1. The molecule has 9 unspecified atom stereocenters. The average molecular weight is 738 g/mol. The van der Waals surface area contributed by atoms with Gasteiger partial charge in [0.1, 0.15) is 12.1 Å². The first kappa shape index (κ1) is 37.7. The van der Waals surface area contributed by atoms with Crippen LogP contribution in [0.4, 0.5) is 0 Å². The predicted molar refractivity (Wildman–Crippen MR) is 200 cm³/mol. The molecule has 0 aromatic carbocycles. The average Bonchev–Trinajstić information content (AvgIpc) is 3.57. The quantitative estimate of drug-likeness (QED) is 0.328. The van der Waals surface area contributed by atoms with E-state index in [1.54, 1.807) is 11.9 Å². The van der Waals surface area contributed by atoms with Crippen LogP contribution in [0.3, 0.4) is 0 Å². The predicted octanol–water partition coefficient (Wildman–Crippen LogP) is 3.86. The molecule has 2 aliphatic heterocycles. The second kappa shape index (κ2) is 15.4. The second-order valence-corrected chi connectivity index (χ2v) is 19.2. The number of rotatable bonds is 9. The maximum Gasteiger partial charge on any atom is 0.245 e. The van der Waals surface area contributed by atoms with Crippen LogP contribution in [0.15, 0.2) is 0 Å². The number of fused-ring (bicyclic) bond motifs is 1. The highest BCUT2D eigenvalue weighted by molar-refractivity contribution is 5.95. The summed E-state index contributed by atoms with van der Waals surface area (Å²) in [6.45, 7) is 3.01. The molecule has 0 spiro atoms. The van der Waals surface area contributed by atoms with E-state index in [-0.39, 0.29) is 42.7 Å². The van der Waals surface area contributed by atoms with E-state index in [1.807, 2.05) is 12.0 Å². The third-order valence-electron chi connectivity index (χ3n) is 16.0. The van der Waals surface area contributed by atoms with Gasteiger partial charge in [-0.05, 0) is 100 Å². The van der Waals surface area contributed by atoms with Crippen molar-refractivity contribution in [3.63, 3.8) is 0 Å². The topological polar surface area (TPSA) is 132 Å². The van der Waals surface area contributed by atoms with Gasteiger partial charge in [0.25, 0.3) is 0 Å². The Morgan fingerprint density at radius 3 is 2.21 bits per heavy atom. The van der Waals surface area contributed by atoms with Crippen molar-refractivity contribution in [3.05, 3.63) is 0 Å². The van der Waals surface area contributed by atoms with E-state index in [4.69, 9.17) is 4.74 Å². The fourth-order valence-electron chi connectivity index (χ4n) is 13.9. The molecule has 7 saturated carbocycles. The molecule has 9 rings (SSSR count). The van der Waals surface area contributed by atoms with Crippen molar-refractivity contribution < 1.29 is 29.0 Å². The second-order valence-electron chi connectivity index (χ2n) is 19.2. The van der Waals surface area contributed by atoms with Crippen LogP contribution in [-0.2, 0) is 23.9 Å². The number of amides is 4. The minimum Gasteiger partial charge on any atom is -0.391 e. The van der Waals surface area contributed by atoms with Crippen LogP contribution >= 0.6 is 0 Å². The molecule has 4 bridgehead atoms. The monoisotopic (exact) mass is 738 g/mol. The normalized spacial score (nSPS) is 41.8. The van der Waals surface area contributed by atoms with Crippen molar-refractivity contribution in [2.24, 2.45) is 40.4 Å². The SMILES string of the molecule is CNC(=O)C12CC3CC(C1)CC(C(=O)N1C[C@H](O)CC1C(=O)NC(CC1CCC4CCCCC4C1)C(=O)N1CCN(C4CCCCC4OC)CC1)(C3)C2. The van der Waals surface area contributed by atoms with Gasteiger partial charge in [-0.1, -0.05) is 44.9 Å². The summed E-state index contributed by atoms with van der Waals surface area (Å²) < 4.78 is 5.87. The molecular formula is C42H67N5O6. The van der Waals surface area contributed by atoms with E-state index in [0.29, 0.717) is 49.7 Å². The summed E-state index contributed by atoms with van der Waals surface area (Å²) in [5.74, 6) is 2.24. The minimum absolute atomic E-state index is 0.000675. The van der Waals surface area contributed by atoms with Gasteiger partial charge in [0.15, 0.2) is 0 Å². The molecule has 3 N–H and O–H groups in total. The van der Waals surface area contributed by atoms with Crippen molar-refractivity contribution in [2.75, 3.05) is 46.9 Å². The maximum atomic E-state index is 14.8. The summed E-state index contributed by atoms with van der Waals surface area (Å²) in [6, 6.07) is -1.07. The van der Waals surface area contributed by atoms with Gasteiger partial charge in [0.2, 0.25) is 23.6 Å². The van der Waals surface area contributed by atoms with Gasteiger partial charge in [-0.2, -0.15) is 0 Å². The molecule has 11 nitrogen and oxygen atoms in total. The first-order valence-electron chi connectivity index (χ1n) is 21.7. The number of nitrogens with one attached hydrogen (secondary N) is 2. The molecular weight excluding hydrogens is 670 g/mol. The molecule has 53 heavy (non-hydrogen) atoms. The van der Waals surface area contributed by atoms with Crippen molar-refractivity contribution in [1.82, 2.24) is 25.3 Å². The highest BCUT2D eigenvalue weighted by Crippen LogP contribution is 2.66. The van der Waals surface area contributed by atoms with Gasteiger partial charge in [-0.3, -0.25) is 24.1 Å². The minimum atomic E-state index is -0.819. The molecule has 7 aliphatic carbocycles. The van der Waals surface area contributed by atoms with Crippen LogP contribution < -0.4 is 10.6 Å². The van der Waals surface area contributed by atoms with Crippen molar-refractivity contribution in [2.45, 2.75) is 152 Å². The molecule has 2 saturated heterocycles. The molecule has 11 heteroatoms. The number of likely N-dealkylation sites (tertiary alicyclic amines) is 1. The fraction of sp³-hybridized carbons (Fsp3) is 0.905. The Morgan fingerprint density at radius 1 is 0.811 bits per heavy atom. The Morgan fingerprint density at radius 2 is 1.49 bits per heavy atom. The number of hydrogen-bond donors (Lipinski definition) is 3. The summed E-state index contributed by atoms with van der Waals surface area (Å²) in [7, 11) is 3.51. The van der Waals surface area contributed by atoms with Gasteiger partial charge in [-0.15, -0.1) is 0 Å². The largest absolute Gasteiger partial charge is 0.391 e. The van der Waals surface area contributed by atoms with Crippen molar-refractivity contribution in [1.29, 1.82) is 0 Å². The molecule has 2 heterocycles. The summed E-state index contributed by atoms with van der Waals surface area (Å²) in [5, 5.41) is 17.1. The summed E-state index contributed by atoms with van der Waals surface area (Å²) in [5.41, 5.74) is -1.20. The molecule has 0 radical (unpaired) electrons. The Balaban J connectivity index is 0.980. The number of β-amino-alcohol motifs (C(OH)–C–C–N with tert-alkyl or cyclic N) is 1. The molecule has 10 atom stereocenters. The van der Waals surface area contributed by atoms with Crippen LogP contribution in [-0.4, -0.2) is 121 Å². The number of piperazine rings is 1. The fourth-order valence-corrected chi connectivity index (χ4v) is 13.9. The van der Waals surface area contributed by atoms with Gasteiger partial charge in [0.05, 0.1) is 23.0 Å². The standard InChI is InChI=1S/C42H67N5O6/c1-43-39(51)41-21-28-17-29(22-41)24-42(23-28,26-41)40(52)47-25-32(48)20-35(47)37(49)44-33(19-27-11-12-30-7-3-4-8-31(30)18-27)38(50)46-15-13-45(14-16-46)34-9-5-6-10-36(34)53-2/h27-36,48H,3-26H2,1-2H3,(H,43,51)(H,44,49)/t27?,28?,29?,30?,31?,32-,33?,34?,35?,36?,41?,42?/m1/s1. The zero-order chi connectivity index (χ0) is 36.9. The third-order valence-corrected chi connectivity index (χ3v) is 16.0. The highest BCUT2D eigenvalue weighted by atomic mass is 16.5. The Kier molecular flexibility index (Phi) is 10.9. The number of carbonyl (C=O) groups is 4. The number of hydrogen-bond acceptors (Lipinski definition) is 7. The number of aliphatic hydroxyl groups excluding tert-OH is 1. The molecule has 0 aromatic rings. The van der Waals surface area contributed by atoms with E-state index in [1.165, 1.54) is 44.9 Å². The lowest BCUT2D eigenvalue weighted by Crippen LogP contribution is -2.63. The molecule has 296 valence electrons. The Labute approximate surface area is 317 Å². The lowest BCUT2D eigenvalue weighted by Gasteiger charge is -2.61. The number of nitrogens with zero attached hydrogens (tertiary/aromatic N) is 3. The van der Waals surface area contributed by atoms with Crippen molar-refractivity contribution in [3.8, 4) is 0 Å². The molecule has 4 amide bonds. The summed E-state index contributed by atoms with van der Waals surface area (Å²) in [6.07, 6.45) is 18.3. The number of carbonyl (C=O) groups excluding carboxylic acids is 4. The van der Waals surface area contributed by atoms with Gasteiger partial charge in [-0.25, -0.2) is 0 Å². The smallest absolute Gasteiger partial charge is 0.245 e. The van der Waals surface area contributed by atoms with Gasteiger partial charge < -0.3 is 30.3 Å². The first-order valence-corrected chi connectivity index (χ1v) is 21.7. The van der Waals surface area contributed by atoms with Crippen LogP contribution in [0, 0.1) is 40.4 Å². The number of methoxy groups -OCH3 is 1. The molecule has 9 fully saturated rings. The van der Waals surface area contributed by atoms with Crippen LogP contribution in [0.25, 0.3) is 0 Å².